The summed E-state index contributed by atoms with van der Waals surface area (Å²) in [5.74, 6) is 0.856. The third kappa shape index (κ3) is 3.86. The second-order valence-corrected chi connectivity index (χ2v) is 6.34. The first-order valence-corrected chi connectivity index (χ1v) is 8.83. The van der Waals surface area contributed by atoms with E-state index in [1.807, 2.05) is 18.2 Å². The van der Waals surface area contributed by atoms with E-state index in [1.54, 1.807) is 6.07 Å². The highest BCUT2D eigenvalue weighted by Gasteiger charge is 2.07. The maximum atomic E-state index is 8.99. The van der Waals surface area contributed by atoms with Crippen LogP contribution in [0.25, 0.3) is 22.3 Å². The first kappa shape index (κ1) is 16.3. The van der Waals surface area contributed by atoms with Gasteiger partial charge in [0.05, 0.1) is 11.6 Å². The van der Waals surface area contributed by atoms with Crippen molar-refractivity contribution < 1.29 is 4.42 Å². The van der Waals surface area contributed by atoms with Crippen LogP contribution in [0.5, 0.6) is 0 Å². The van der Waals surface area contributed by atoms with E-state index < -0.39 is 0 Å². The highest BCUT2D eigenvalue weighted by Crippen LogP contribution is 2.28. The van der Waals surface area contributed by atoms with Crippen LogP contribution < -0.4 is 0 Å². The van der Waals surface area contributed by atoms with E-state index in [0.29, 0.717) is 5.56 Å². The normalized spacial score (nSPS) is 10.8. The third-order valence-electron chi connectivity index (χ3n) is 4.45. The maximum Gasteiger partial charge on any atom is 0.135 e. The minimum atomic E-state index is 0.660. The number of hydrogen-bond donors (Lipinski definition) is 0. The van der Waals surface area contributed by atoms with Crippen LogP contribution in [0.4, 0.5) is 0 Å². The molecule has 0 amide bonds. The fourth-order valence-corrected chi connectivity index (χ4v) is 3.02. The van der Waals surface area contributed by atoms with Gasteiger partial charge in [-0.1, -0.05) is 56.9 Å². The lowest BCUT2D eigenvalue weighted by Gasteiger charge is -2.03. The van der Waals surface area contributed by atoms with Crippen molar-refractivity contribution in [2.45, 2.75) is 45.4 Å². The zero-order valence-electron chi connectivity index (χ0n) is 14.2. The second-order valence-electron chi connectivity index (χ2n) is 6.34. The minimum Gasteiger partial charge on any atom is -0.456 e. The molecule has 0 bridgehead atoms. The standard InChI is InChI=1S/C22H23NO/c1-2-3-4-5-6-7-17-8-11-19(12-9-17)22-15-20-14-18(16-23)10-13-21(20)24-22/h8-15H,2-7H2,1H3. The Morgan fingerprint density at radius 2 is 1.71 bits per heavy atom. The van der Waals surface area contributed by atoms with Crippen molar-refractivity contribution in [2.24, 2.45) is 0 Å². The quantitative estimate of drug-likeness (QED) is 0.467. The first-order valence-electron chi connectivity index (χ1n) is 8.83. The molecule has 2 nitrogen and oxygen atoms in total. The van der Waals surface area contributed by atoms with Crippen molar-refractivity contribution in [1.82, 2.24) is 0 Å². The molecule has 0 unspecified atom stereocenters. The van der Waals surface area contributed by atoms with Crippen LogP contribution in [0.15, 0.2) is 52.9 Å². The van der Waals surface area contributed by atoms with Gasteiger partial charge in [-0.15, -0.1) is 0 Å². The number of furan rings is 1. The molecule has 3 rings (SSSR count). The van der Waals surface area contributed by atoms with E-state index in [2.05, 4.69) is 37.3 Å². The molecule has 2 aromatic carbocycles. The van der Waals surface area contributed by atoms with Crippen molar-refractivity contribution in [3.8, 4) is 17.4 Å². The molecule has 3 aromatic rings. The van der Waals surface area contributed by atoms with Gasteiger partial charge in [-0.2, -0.15) is 5.26 Å². The number of rotatable bonds is 7. The fraction of sp³-hybridized carbons (Fsp3) is 0.318. The number of unbranched alkanes of at least 4 members (excludes halogenated alkanes) is 4. The van der Waals surface area contributed by atoms with Gasteiger partial charge in [-0.25, -0.2) is 0 Å². The summed E-state index contributed by atoms with van der Waals surface area (Å²) in [6.07, 6.45) is 7.72. The molecular weight excluding hydrogens is 294 g/mol. The molecule has 0 spiro atoms. The van der Waals surface area contributed by atoms with Crippen molar-refractivity contribution >= 4 is 11.0 Å². The summed E-state index contributed by atoms with van der Waals surface area (Å²) in [6, 6.07) is 18.3. The van der Waals surface area contributed by atoms with Gasteiger partial charge in [0.15, 0.2) is 0 Å². The predicted octanol–water partition coefficient (Wildman–Crippen LogP) is 6.48. The van der Waals surface area contributed by atoms with Crippen molar-refractivity contribution in [1.29, 1.82) is 5.26 Å². The van der Waals surface area contributed by atoms with E-state index >= 15 is 0 Å². The van der Waals surface area contributed by atoms with Crippen LogP contribution in [0.1, 0.15) is 50.2 Å². The Morgan fingerprint density at radius 3 is 2.46 bits per heavy atom. The van der Waals surface area contributed by atoms with Crippen molar-refractivity contribution in [3.63, 3.8) is 0 Å². The number of fused-ring (bicyclic) bond motifs is 1. The predicted molar refractivity (Wildman–Crippen MR) is 98.8 cm³/mol. The smallest absolute Gasteiger partial charge is 0.135 e. The summed E-state index contributed by atoms with van der Waals surface area (Å²) >= 11 is 0. The number of aryl methyl sites for hydroxylation is 1. The van der Waals surface area contributed by atoms with E-state index in [1.165, 1.54) is 37.7 Å². The van der Waals surface area contributed by atoms with Crippen molar-refractivity contribution in [2.75, 3.05) is 0 Å². The van der Waals surface area contributed by atoms with Gasteiger partial charge in [0, 0.05) is 10.9 Å². The second kappa shape index (κ2) is 7.84. The summed E-state index contributed by atoms with van der Waals surface area (Å²) in [5.41, 5.74) is 3.95. The molecule has 122 valence electrons. The Balaban J connectivity index is 1.68. The molecule has 24 heavy (non-hydrogen) atoms. The lowest BCUT2D eigenvalue weighted by atomic mass is 10.0. The van der Waals surface area contributed by atoms with Crippen LogP contribution in [0.3, 0.4) is 0 Å². The van der Waals surface area contributed by atoms with Gasteiger partial charge < -0.3 is 4.42 Å². The summed E-state index contributed by atoms with van der Waals surface area (Å²) in [6.45, 7) is 2.25. The molecule has 0 aliphatic heterocycles. The number of hydrogen-bond acceptors (Lipinski definition) is 2. The highest BCUT2D eigenvalue weighted by molar-refractivity contribution is 5.84. The zero-order valence-corrected chi connectivity index (χ0v) is 14.2. The molecule has 0 N–H and O–H groups in total. The van der Waals surface area contributed by atoms with Crippen LogP contribution >= 0.6 is 0 Å². The molecule has 1 aromatic heterocycles. The van der Waals surface area contributed by atoms with Crippen LogP contribution in [0, 0.1) is 11.3 Å². The Bertz CT molecular complexity index is 837. The van der Waals surface area contributed by atoms with Crippen LogP contribution in [-0.4, -0.2) is 0 Å². The topological polar surface area (TPSA) is 36.9 Å². The molecule has 1 heterocycles. The largest absolute Gasteiger partial charge is 0.456 e. The lowest BCUT2D eigenvalue weighted by molar-refractivity contribution is 0.630. The maximum absolute atomic E-state index is 8.99. The number of benzene rings is 2. The molecule has 0 atom stereocenters. The molecule has 0 fully saturated rings. The molecule has 0 radical (unpaired) electrons. The molecule has 0 saturated heterocycles. The Kier molecular flexibility index (Phi) is 5.33. The Hall–Kier alpha value is -2.53. The Labute approximate surface area is 143 Å². The average molecular weight is 317 g/mol. The molecule has 2 heteroatoms. The van der Waals surface area contributed by atoms with E-state index in [4.69, 9.17) is 9.68 Å². The van der Waals surface area contributed by atoms with E-state index in [9.17, 15) is 0 Å². The van der Waals surface area contributed by atoms with E-state index in [-0.39, 0.29) is 0 Å². The van der Waals surface area contributed by atoms with Crippen LogP contribution in [0.2, 0.25) is 0 Å². The van der Waals surface area contributed by atoms with Crippen molar-refractivity contribution in [3.05, 3.63) is 59.7 Å². The first-order chi connectivity index (χ1) is 11.8. The molecule has 0 aliphatic carbocycles. The summed E-state index contributed by atoms with van der Waals surface area (Å²) in [7, 11) is 0. The monoisotopic (exact) mass is 317 g/mol. The number of nitriles is 1. The zero-order chi connectivity index (χ0) is 16.8. The van der Waals surface area contributed by atoms with Gasteiger partial charge in [0.25, 0.3) is 0 Å². The van der Waals surface area contributed by atoms with Gasteiger partial charge >= 0.3 is 0 Å². The van der Waals surface area contributed by atoms with Gasteiger partial charge in [-0.3, -0.25) is 0 Å². The highest BCUT2D eigenvalue weighted by atomic mass is 16.3. The van der Waals surface area contributed by atoms with Gasteiger partial charge in [-0.05, 0) is 42.7 Å². The van der Waals surface area contributed by atoms with Gasteiger partial charge in [0.2, 0.25) is 0 Å². The SMILES string of the molecule is CCCCCCCc1ccc(-c2cc3cc(C#N)ccc3o2)cc1. The summed E-state index contributed by atoms with van der Waals surface area (Å²) in [5, 5.41) is 9.97. The molecule has 0 aliphatic rings. The third-order valence-corrected chi connectivity index (χ3v) is 4.45. The fourth-order valence-electron chi connectivity index (χ4n) is 3.02. The summed E-state index contributed by atoms with van der Waals surface area (Å²) < 4.78 is 5.91. The van der Waals surface area contributed by atoms with E-state index in [0.717, 1.165) is 28.7 Å². The average Bonchev–Trinajstić information content (AvgIpc) is 3.05. The Morgan fingerprint density at radius 1 is 0.917 bits per heavy atom. The van der Waals surface area contributed by atoms with Crippen LogP contribution in [-0.2, 0) is 6.42 Å². The summed E-state index contributed by atoms with van der Waals surface area (Å²) in [4.78, 5) is 0. The molecule has 0 saturated carbocycles. The minimum absolute atomic E-state index is 0.660. The number of nitrogens with zero attached hydrogens (tertiary/aromatic N) is 1. The van der Waals surface area contributed by atoms with Gasteiger partial charge in [0.1, 0.15) is 11.3 Å². The molecular formula is C22H23NO. The lowest BCUT2D eigenvalue weighted by Crippen LogP contribution is -1.86.